The van der Waals surface area contributed by atoms with Gasteiger partial charge in [0.1, 0.15) is 47.6 Å². The number of rotatable bonds is 7. The molecule has 59 heavy (non-hydrogen) atoms. The van der Waals surface area contributed by atoms with E-state index in [9.17, 15) is 39.6 Å². The van der Waals surface area contributed by atoms with Crippen molar-refractivity contribution < 1.29 is 77.5 Å². The lowest BCUT2D eigenvalue weighted by Crippen LogP contribution is -2.62. The average molecular weight is 826 g/mol. The molecule has 0 amide bonds. The van der Waals surface area contributed by atoms with Crippen LogP contribution in [-0.2, 0) is 47.5 Å². The standard InChI is InChI=1S/C42H51NO16/c1-8-42(51)15-27(30-19(34(42)40(50)52-7)11-20-31(36(30)48)37(49)33-23(45)10-9-22(44)32(33)35(20)47)57-28-12-21(43(5)6)38(17(3)53-28)58-29-14-25-39(18(4)54-29)59-41-26(56-25)13-24(46)16(2)55-41/h9-11,16-18,21,25-29,34,38-39,41,44-45,48,51H,8,12-15H2,1-7H3/t16-,17-,18?,21+,25?,26?,27?,28-,29+,34?,38+,39+,41-,42?/m1/s1. The third-order valence-electron chi connectivity index (χ3n) is 12.9. The van der Waals surface area contributed by atoms with Crippen LogP contribution in [-0.4, -0.2) is 143 Å². The number of esters is 1. The summed E-state index contributed by atoms with van der Waals surface area (Å²) in [5.41, 5.74) is -3.51. The number of benzene rings is 2. The summed E-state index contributed by atoms with van der Waals surface area (Å²) >= 11 is 0. The Morgan fingerprint density at radius 1 is 0.864 bits per heavy atom. The van der Waals surface area contributed by atoms with Gasteiger partial charge in [-0.25, -0.2) is 0 Å². The molecule has 4 saturated heterocycles. The number of phenols is 3. The molecule has 4 heterocycles. The number of aromatic hydroxyl groups is 3. The van der Waals surface area contributed by atoms with E-state index in [1.165, 1.54) is 6.07 Å². The molecule has 0 spiro atoms. The molecule has 2 aliphatic carbocycles. The second-order valence-corrected chi connectivity index (χ2v) is 16.7. The van der Waals surface area contributed by atoms with E-state index in [0.717, 1.165) is 19.2 Å². The van der Waals surface area contributed by atoms with Gasteiger partial charge in [0.25, 0.3) is 0 Å². The topological polar surface area (TPSA) is 226 Å². The molecule has 8 rings (SSSR count). The van der Waals surface area contributed by atoms with Crippen molar-refractivity contribution in [2.75, 3.05) is 21.2 Å². The zero-order valence-electron chi connectivity index (χ0n) is 33.9. The number of phenolic OH excluding ortho intramolecular Hbond substituents is 3. The second kappa shape index (κ2) is 15.5. The molecule has 4 N–H and O–H groups in total. The van der Waals surface area contributed by atoms with E-state index in [1.807, 2.05) is 32.8 Å². The second-order valence-electron chi connectivity index (χ2n) is 16.7. The molecule has 2 aromatic rings. The van der Waals surface area contributed by atoms with Crippen LogP contribution in [0.25, 0.3) is 0 Å². The zero-order chi connectivity index (χ0) is 42.4. The number of carbonyl (C=O) groups is 4. The molecule has 2 aromatic carbocycles. The van der Waals surface area contributed by atoms with E-state index in [4.69, 9.17) is 37.9 Å². The number of carbonyl (C=O) groups excluding carboxylic acids is 4. The van der Waals surface area contributed by atoms with Crippen LogP contribution in [0.15, 0.2) is 18.2 Å². The van der Waals surface area contributed by atoms with Gasteiger partial charge in [0.15, 0.2) is 30.4 Å². The Balaban J connectivity index is 1.07. The Labute approximate surface area is 340 Å². The van der Waals surface area contributed by atoms with Crippen LogP contribution in [0.4, 0.5) is 0 Å². The molecule has 0 saturated carbocycles. The van der Waals surface area contributed by atoms with Crippen molar-refractivity contribution in [2.24, 2.45) is 0 Å². The van der Waals surface area contributed by atoms with Gasteiger partial charge in [0, 0.05) is 42.9 Å². The van der Waals surface area contributed by atoms with Crippen molar-refractivity contribution in [1.82, 2.24) is 4.90 Å². The van der Waals surface area contributed by atoms with E-state index < -0.39 is 131 Å². The maximum absolute atomic E-state index is 14.0. The van der Waals surface area contributed by atoms with Crippen LogP contribution >= 0.6 is 0 Å². The van der Waals surface area contributed by atoms with Crippen LogP contribution in [0.2, 0.25) is 0 Å². The highest BCUT2D eigenvalue weighted by molar-refractivity contribution is 6.31. The van der Waals surface area contributed by atoms with Gasteiger partial charge < -0.3 is 63.2 Å². The highest BCUT2D eigenvalue weighted by Crippen LogP contribution is 2.54. The van der Waals surface area contributed by atoms with Crippen molar-refractivity contribution in [3.8, 4) is 17.2 Å². The van der Waals surface area contributed by atoms with E-state index in [-0.39, 0.29) is 54.2 Å². The number of ketones is 3. The first-order valence-electron chi connectivity index (χ1n) is 20.1. The minimum absolute atomic E-state index is 0.00735. The first-order chi connectivity index (χ1) is 28.0. The molecular formula is C42H51NO16. The molecule has 14 atom stereocenters. The van der Waals surface area contributed by atoms with Crippen molar-refractivity contribution in [3.63, 3.8) is 0 Å². The normalized spacial score (nSPS) is 37.8. The Morgan fingerprint density at radius 3 is 2.19 bits per heavy atom. The summed E-state index contributed by atoms with van der Waals surface area (Å²) in [5, 5.41) is 45.4. The van der Waals surface area contributed by atoms with E-state index >= 15 is 0 Å². The van der Waals surface area contributed by atoms with Crippen molar-refractivity contribution in [1.29, 1.82) is 0 Å². The number of ether oxygens (including phenoxy) is 8. The Morgan fingerprint density at radius 2 is 1.53 bits per heavy atom. The van der Waals surface area contributed by atoms with Gasteiger partial charge in [-0.2, -0.15) is 0 Å². The summed E-state index contributed by atoms with van der Waals surface area (Å²) in [6, 6.07) is 3.08. The number of methoxy groups -OCH3 is 1. The number of Topliss-reactive ketones (excluding diaryl/α,β-unsaturated/α-hetero) is 1. The number of fused-ring (bicyclic) bond motifs is 5. The Hall–Kier alpha value is -4.04. The van der Waals surface area contributed by atoms with Crippen LogP contribution in [0.3, 0.4) is 0 Å². The smallest absolute Gasteiger partial charge is 0.316 e. The number of aliphatic hydroxyl groups is 1. The van der Waals surface area contributed by atoms with Gasteiger partial charge >= 0.3 is 5.97 Å². The van der Waals surface area contributed by atoms with Crippen molar-refractivity contribution in [3.05, 3.63) is 51.6 Å². The largest absolute Gasteiger partial charge is 0.507 e. The van der Waals surface area contributed by atoms with Crippen LogP contribution < -0.4 is 0 Å². The number of likely N-dealkylation sites (N-methyl/N-ethyl adjacent to an activating group) is 1. The predicted octanol–water partition coefficient (Wildman–Crippen LogP) is 2.88. The molecule has 0 bridgehead atoms. The molecule has 320 valence electrons. The highest BCUT2D eigenvalue weighted by atomic mass is 16.8. The first kappa shape index (κ1) is 41.7. The average Bonchev–Trinajstić information content (AvgIpc) is 3.18. The van der Waals surface area contributed by atoms with Crippen LogP contribution in [0.5, 0.6) is 17.2 Å². The molecule has 17 nitrogen and oxygen atoms in total. The Kier molecular flexibility index (Phi) is 10.9. The van der Waals surface area contributed by atoms with Gasteiger partial charge in [-0.05, 0) is 65.0 Å². The van der Waals surface area contributed by atoms with Crippen molar-refractivity contribution in [2.45, 2.75) is 145 Å². The lowest BCUT2D eigenvalue weighted by atomic mass is 9.67. The van der Waals surface area contributed by atoms with Gasteiger partial charge in [-0.15, -0.1) is 0 Å². The van der Waals surface area contributed by atoms with Gasteiger partial charge in [0.2, 0.25) is 5.78 Å². The number of nitrogens with zero attached hydrogens (tertiary/aromatic N) is 1. The number of hydrogen-bond donors (Lipinski definition) is 4. The maximum atomic E-state index is 14.0. The molecule has 0 aromatic heterocycles. The van der Waals surface area contributed by atoms with E-state index in [2.05, 4.69) is 0 Å². The fourth-order valence-electron chi connectivity index (χ4n) is 9.77. The van der Waals surface area contributed by atoms with E-state index in [1.54, 1.807) is 13.8 Å². The molecule has 4 fully saturated rings. The third kappa shape index (κ3) is 6.93. The van der Waals surface area contributed by atoms with Crippen molar-refractivity contribution >= 4 is 23.3 Å². The lowest BCUT2D eigenvalue weighted by Gasteiger charge is -2.51. The lowest BCUT2D eigenvalue weighted by molar-refractivity contribution is -0.371. The van der Waals surface area contributed by atoms with Gasteiger partial charge in [-0.3, -0.25) is 19.2 Å². The molecular weight excluding hydrogens is 774 g/mol. The summed E-state index contributed by atoms with van der Waals surface area (Å²) in [5.74, 6) is -5.88. The molecule has 17 heteroatoms. The Bertz CT molecular complexity index is 2050. The molecule has 6 unspecified atom stereocenters. The summed E-state index contributed by atoms with van der Waals surface area (Å²) in [7, 11) is 4.92. The SMILES string of the molecule is CCC1(O)CC(O[C@@H]2C[C@H](N(C)C)[C@@H](O[C@H]3CC4OC5CC(=O)[C@@H](C)O[C@@H]5O[C@H]4C(C)O3)[C@@H](C)O2)c2c(cc3c(c2O)C(=O)c2c(O)ccc(O)c2C3=O)C1C(=O)OC. The maximum Gasteiger partial charge on any atom is 0.316 e. The predicted molar refractivity (Wildman–Crippen MR) is 201 cm³/mol. The van der Waals surface area contributed by atoms with Gasteiger partial charge in [-0.1, -0.05) is 6.92 Å². The fourth-order valence-corrected chi connectivity index (χ4v) is 9.77. The third-order valence-corrected chi connectivity index (χ3v) is 12.9. The fraction of sp³-hybridized carbons (Fsp3) is 0.619. The van der Waals surface area contributed by atoms with Gasteiger partial charge in [0.05, 0.1) is 53.8 Å². The minimum Gasteiger partial charge on any atom is -0.507 e. The van der Waals surface area contributed by atoms with Crippen LogP contribution in [0.1, 0.15) is 115 Å². The molecule has 0 radical (unpaired) electrons. The zero-order valence-corrected chi connectivity index (χ0v) is 33.9. The molecule has 6 aliphatic rings. The summed E-state index contributed by atoms with van der Waals surface area (Å²) in [6.07, 6.45) is -6.48. The first-order valence-corrected chi connectivity index (χ1v) is 20.1. The molecule has 4 aliphatic heterocycles. The number of hydrogen-bond acceptors (Lipinski definition) is 17. The monoisotopic (exact) mass is 825 g/mol. The summed E-state index contributed by atoms with van der Waals surface area (Å²) in [4.78, 5) is 55.7. The minimum atomic E-state index is -1.80. The van der Waals surface area contributed by atoms with E-state index in [0.29, 0.717) is 6.42 Å². The quantitative estimate of drug-likeness (QED) is 0.198. The summed E-state index contributed by atoms with van der Waals surface area (Å²) < 4.78 is 49.5. The van der Waals surface area contributed by atoms with Crippen LogP contribution in [0, 0.1) is 0 Å². The highest BCUT2D eigenvalue weighted by Gasteiger charge is 2.55. The summed E-state index contributed by atoms with van der Waals surface area (Å²) in [6.45, 7) is 7.07.